The summed E-state index contributed by atoms with van der Waals surface area (Å²) in [7, 11) is 0. The Hall–Kier alpha value is -1.55. The maximum atomic E-state index is 10.0. The quantitative estimate of drug-likeness (QED) is 0.861. The van der Waals surface area contributed by atoms with Gasteiger partial charge in [0.25, 0.3) is 0 Å². The fourth-order valence-electron chi connectivity index (χ4n) is 2.79. The van der Waals surface area contributed by atoms with Crippen molar-refractivity contribution in [3.63, 3.8) is 0 Å². The zero-order chi connectivity index (χ0) is 15.4. The summed E-state index contributed by atoms with van der Waals surface area (Å²) in [6.07, 6.45) is 1.53. The molecule has 0 heterocycles. The van der Waals surface area contributed by atoms with Crippen LogP contribution in [0, 0.1) is 0 Å². The molecule has 1 aliphatic carbocycles. The van der Waals surface area contributed by atoms with Crippen LogP contribution in [-0.2, 0) is 12.8 Å². The zero-order valence-corrected chi connectivity index (χ0v) is 13.1. The minimum absolute atomic E-state index is 0.272. The third kappa shape index (κ3) is 4.01. The van der Waals surface area contributed by atoms with Crippen LogP contribution < -0.4 is 10.1 Å². The van der Waals surface area contributed by atoms with Crippen molar-refractivity contribution in [3.8, 4) is 5.75 Å². The van der Waals surface area contributed by atoms with E-state index in [0.717, 1.165) is 18.6 Å². The first kappa shape index (κ1) is 15.3. The number of benzene rings is 2. The van der Waals surface area contributed by atoms with E-state index >= 15 is 0 Å². The number of halogens is 1. The molecule has 3 nitrogen and oxygen atoms in total. The van der Waals surface area contributed by atoms with E-state index in [1.807, 2.05) is 0 Å². The summed E-state index contributed by atoms with van der Waals surface area (Å²) in [6, 6.07) is 16.1. The number of rotatable bonds is 6. The lowest BCUT2D eigenvalue weighted by molar-refractivity contribution is 0.104. The van der Waals surface area contributed by atoms with Gasteiger partial charge in [0.15, 0.2) is 0 Å². The van der Waals surface area contributed by atoms with Crippen molar-refractivity contribution in [2.75, 3.05) is 13.2 Å². The molecule has 1 atom stereocenters. The van der Waals surface area contributed by atoms with Gasteiger partial charge in [0.05, 0.1) is 0 Å². The minimum atomic E-state index is -0.528. The molecule has 0 amide bonds. The molecule has 0 saturated carbocycles. The lowest BCUT2D eigenvalue weighted by Gasteiger charge is -2.16. The number of aliphatic hydroxyl groups is 1. The summed E-state index contributed by atoms with van der Waals surface area (Å²) in [6.45, 7) is 0.806. The Kier molecular flexibility index (Phi) is 4.98. The Bertz CT molecular complexity index is 590. The molecule has 1 aliphatic rings. The van der Waals surface area contributed by atoms with Crippen LogP contribution in [0.2, 0.25) is 5.02 Å². The highest BCUT2D eigenvalue weighted by Gasteiger charge is 2.21. The highest BCUT2D eigenvalue weighted by molar-refractivity contribution is 6.30. The highest BCUT2D eigenvalue weighted by Crippen LogP contribution is 2.21. The summed E-state index contributed by atoms with van der Waals surface area (Å²) >= 11 is 5.82. The first-order valence-corrected chi connectivity index (χ1v) is 7.95. The van der Waals surface area contributed by atoms with Crippen LogP contribution >= 0.6 is 11.6 Å². The third-order valence-corrected chi connectivity index (χ3v) is 4.20. The summed E-state index contributed by atoms with van der Waals surface area (Å²) in [5, 5.41) is 14.1. The Labute approximate surface area is 135 Å². The third-order valence-electron chi connectivity index (χ3n) is 3.95. The second-order valence-electron chi connectivity index (χ2n) is 5.70. The fraction of sp³-hybridized carbons (Fsp3) is 0.333. The van der Waals surface area contributed by atoms with E-state index in [1.165, 1.54) is 11.1 Å². The van der Waals surface area contributed by atoms with E-state index in [4.69, 9.17) is 16.3 Å². The van der Waals surface area contributed by atoms with Gasteiger partial charge in [0.2, 0.25) is 0 Å². The maximum Gasteiger partial charge on any atom is 0.119 e. The van der Waals surface area contributed by atoms with Crippen molar-refractivity contribution < 1.29 is 9.84 Å². The number of hydrogen-bond acceptors (Lipinski definition) is 3. The van der Waals surface area contributed by atoms with Crippen LogP contribution in [0.4, 0.5) is 0 Å². The van der Waals surface area contributed by atoms with Gasteiger partial charge in [-0.1, -0.05) is 35.9 Å². The van der Waals surface area contributed by atoms with Crippen LogP contribution in [0.1, 0.15) is 11.1 Å². The Morgan fingerprint density at radius 3 is 2.36 bits per heavy atom. The van der Waals surface area contributed by atoms with Gasteiger partial charge < -0.3 is 15.2 Å². The molecule has 0 saturated heterocycles. The molecule has 0 unspecified atom stereocenters. The molecule has 116 valence electrons. The Morgan fingerprint density at radius 2 is 1.73 bits per heavy atom. The predicted molar refractivity (Wildman–Crippen MR) is 88.6 cm³/mol. The lowest BCUT2D eigenvalue weighted by atomic mass is 10.1. The van der Waals surface area contributed by atoms with Crippen LogP contribution in [0.3, 0.4) is 0 Å². The van der Waals surface area contributed by atoms with Gasteiger partial charge in [-0.05, 0) is 48.2 Å². The van der Waals surface area contributed by atoms with E-state index in [-0.39, 0.29) is 6.61 Å². The molecule has 0 aliphatic heterocycles. The van der Waals surface area contributed by atoms with E-state index < -0.39 is 6.10 Å². The zero-order valence-electron chi connectivity index (χ0n) is 12.3. The molecule has 0 spiro atoms. The summed E-state index contributed by atoms with van der Waals surface area (Å²) in [5.41, 5.74) is 2.82. The molecule has 0 fully saturated rings. The van der Waals surface area contributed by atoms with Crippen LogP contribution in [0.25, 0.3) is 0 Å². The molecule has 0 aromatic heterocycles. The molecule has 4 heteroatoms. The molecule has 0 radical (unpaired) electrons. The highest BCUT2D eigenvalue weighted by atomic mass is 35.5. The van der Waals surface area contributed by atoms with Crippen molar-refractivity contribution >= 4 is 11.6 Å². The topological polar surface area (TPSA) is 41.5 Å². The molecule has 2 aromatic carbocycles. The molecule has 2 N–H and O–H groups in total. The fourth-order valence-corrected chi connectivity index (χ4v) is 2.91. The van der Waals surface area contributed by atoms with Gasteiger partial charge >= 0.3 is 0 Å². The molecule has 0 bridgehead atoms. The van der Waals surface area contributed by atoms with E-state index in [0.29, 0.717) is 17.6 Å². The molecular weight excluding hydrogens is 298 g/mol. The van der Waals surface area contributed by atoms with Gasteiger partial charge in [0.1, 0.15) is 18.5 Å². The molecular formula is C18H20ClNO2. The normalized spacial score (nSPS) is 15.5. The molecule has 3 rings (SSSR count). The first-order chi connectivity index (χ1) is 10.7. The van der Waals surface area contributed by atoms with E-state index in [2.05, 4.69) is 29.6 Å². The first-order valence-electron chi connectivity index (χ1n) is 7.57. The lowest BCUT2D eigenvalue weighted by Crippen LogP contribution is -2.38. The van der Waals surface area contributed by atoms with Gasteiger partial charge in [-0.2, -0.15) is 0 Å². The molecule has 2 aromatic rings. The summed E-state index contributed by atoms with van der Waals surface area (Å²) < 4.78 is 5.55. The summed E-state index contributed by atoms with van der Waals surface area (Å²) in [4.78, 5) is 0. The predicted octanol–water partition coefficient (Wildman–Crippen LogP) is 2.84. The maximum absolute atomic E-state index is 10.0. The van der Waals surface area contributed by atoms with Gasteiger partial charge in [0, 0.05) is 17.6 Å². The van der Waals surface area contributed by atoms with Crippen molar-refractivity contribution in [2.24, 2.45) is 0 Å². The van der Waals surface area contributed by atoms with Crippen molar-refractivity contribution in [3.05, 3.63) is 64.7 Å². The van der Waals surface area contributed by atoms with Crippen molar-refractivity contribution in [1.29, 1.82) is 0 Å². The second kappa shape index (κ2) is 7.14. The largest absolute Gasteiger partial charge is 0.491 e. The minimum Gasteiger partial charge on any atom is -0.491 e. The van der Waals surface area contributed by atoms with E-state index in [1.54, 1.807) is 24.3 Å². The van der Waals surface area contributed by atoms with Crippen molar-refractivity contribution in [2.45, 2.75) is 25.0 Å². The van der Waals surface area contributed by atoms with E-state index in [9.17, 15) is 5.11 Å². The summed E-state index contributed by atoms with van der Waals surface area (Å²) in [5.74, 6) is 0.719. The average Bonchev–Trinajstić information content (AvgIpc) is 2.95. The van der Waals surface area contributed by atoms with Gasteiger partial charge in [-0.25, -0.2) is 0 Å². The second-order valence-corrected chi connectivity index (χ2v) is 6.14. The SMILES string of the molecule is O[C@H](CNC1Cc2ccccc2C1)COc1ccc(Cl)cc1. The van der Waals surface area contributed by atoms with Crippen molar-refractivity contribution in [1.82, 2.24) is 5.32 Å². The standard InChI is InChI=1S/C18H20ClNO2/c19-15-5-7-18(8-6-15)22-12-17(21)11-20-16-9-13-3-1-2-4-14(13)10-16/h1-8,16-17,20-21H,9-12H2/t17-/m1/s1. The Morgan fingerprint density at radius 1 is 1.09 bits per heavy atom. The smallest absolute Gasteiger partial charge is 0.119 e. The molecule has 22 heavy (non-hydrogen) atoms. The van der Waals surface area contributed by atoms with Crippen LogP contribution in [0.15, 0.2) is 48.5 Å². The number of hydrogen-bond donors (Lipinski definition) is 2. The number of fused-ring (bicyclic) bond motifs is 1. The number of aliphatic hydroxyl groups excluding tert-OH is 1. The van der Waals surface area contributed by atoms with Crippen LogP contribution in [-0.4, -0.2) is 30.4 Å². The van der Waals surface area contributed by atoms with Crippen LogP contribution in [0.5, 0.6) is 5.75 Å². The Balaban J connectivity index is 1.40. The average molecular weight is 318 g/mol. The monoisotopic (exact) mass is 317 g/mol. The number of nitrogens with one attached hydrogen (secondary N) is 1. The van der Waals surface area contributed by atoms with Gasteiger partial charge in [-0.15, -0.1) is 0 Å². The van der Waals surface area contributed by atoms with Gasteiger partial charge in [-0.3, -0.25) is 0 Å². The number of ether oxygens (including phenoxy) is 1.